The fourth-order valence-corrected chi connectivity index (χ4v) is 5.54. The van der Waals surface area contributed by atoms with Crippen LogP contribution in [0, 0.1) is 5.92 Å². The summed E-state index contributed by atoms with van der Waals surface area (Å²) in [6.07, 6.45) is 7.95. The number of sulfonamides is 1. The Balaban J connectivity index is 1.90. The fourth-order valence-electron chi connectivity index (χ4n) is 3.75. The molecule has 1 saturated carbocycles. The van der Waals surface area contributed by atoms with Gasteiger partial charge in [-0.05, 0) is 31.6 Å². The van der Waals surface area contributed by atoms with E-state index in [-0.39, 0.29) is 16.8 Å². The van der Waals surface area contributed by atoms with Gasteiger partial charge in [-0.1, -0.05) is 19.8 Å². The molecule has 1 aliphatic heterocycles. The summed E-state index contributed by atoms with van der Waals surface area (Å²) >= 11 is 0. The highest BCUT2D eigenvalue weighted by Gasteiger charge is 2.43. The number of anilines is 1. The molecule has 1 saturated heterocycles. The zero-order chi connectivity index (χ0) is 15.0. The van der Waals surface area contributed by atoms with E-state index in [0.717, 1.165) is 32.1 Å². The minimum Gasteiger partial charge on any atom is -0.381 e. The maximum absolute atomic E-state index is 12.9. The quantitative estimate of drug-likeness (QED) is 0.919. The second kappa shape index (κ2) is 5.61. The van der Waals surface area contributed by atoms with Gasteiger partial charge in [0.2, 0.25) is 10.0 Å². The van der Waals surface area contributed by atoms with Gasteiger partial charge in [0.15, 0.2) is 5.82 Å². The topological polar surface area (TPSA) is 81.2 Å². The second-order valence-corrected chi connectivity index (χ2v) is 8.02. The Labute approximate surface area is 126 Å². The van der Waals surface area contributed by atoms with Gasteiger partial charge < -0.3 is 5.73 Å². The molecule has 0 radical (unpaired) electrons. The molecule has 2 unspecified atom stereocenters. The van der Waals surface area contributed by atoms with Gasteiger partial charge in [-0.15, -0.1) is 0 Å². The third-order valence-electron chi connectivity index (χ3n) is 4.75. The molecule has 0 spiro atoms. The molecular weight excluding hydrogens is 288 g/mol. The Morgan fingerprint density at radius 3 is 2.86 bits per heavy atom. The van der Waals surface area contributed by atoms with Crippen molar-refractivity contribution >= 4 is 15.8 Å². The maximum atomic E-state index is 12.9. The van der Waals surface area contributed by atoms with Gasteiger partial charge >= 0.3 is 0 Å². The number of nitrogen functional groups attached to an aromatic ring is 1. The molecule has 2 heterocycles. The molecule has 118 valence electrons. The number of nitrogens with zero attached hydrogens (tertiary/aromatic N) is 3. The maximum Gasteiger partial charge on any atom is 0.248 e. The van der Waals surface area contributed by atoms with E-state index in [1.807, 2.05) is 6.92 Å². The summed E-state index contributed by atoms with van der Waals surface area (Å²) < 4.78 is 29.2. The van der Waals surface area contributed by atoms with Gasteiger partial charge in [-0.2, -0.15) is 9.40 Å². The van der Waals surface area contributed by atoms with Gasteiger partial charge in [-0.25, -0.2) is 8.42 Å². The fraction of sp³-hybridized carbons (Fsp3) is 0.786. The van der Waals surface area contributed by atoms with E-state index < -0.39 is 10.0 Å². The predicted octanol–water partition coefficient (Wildman–Crippen LogP) is 1.83. The molecule has 21 heavy (non-hydrogen) atoms. The highest BCUT2D eigenvalue weighted by atomic mass is 32.2. The normalized spacial score (nSPS) is 26.9. The van der Waals surface area contributed by atoms with Gasteiger partial charge in [-0.3, -0.25) is 4.68 Å². The summed E-state index contributed by atoms with van der Waals surface area (Å²) in [5.41, 5.74) is 5.86. The molecular formula is C14H24N4O2S. The number of nitrogens with two attached hydrogens (primary N) is 1. The Morgan fingerprint density at radius 2 is 2.10 bits per heavy atom. The standard InChI is InChI=1S/C14H24N4O2S/c1-2-8-17-10-13(14(15)16-17)21(19,20)18-9-7-11-5-3-4-6-12(11)18/h10-12H,2-9H2,1H3,(H2,15,16). The summed E-state index contributed by atoms with van der Waals surface area (Å²) in [4.78, 5) is 0.183. The van der Waals surface area contributed by atoms with E-state index in [1.165, 1.54) is 6.42 Å². The lowest BCUT2D eigenvalue weighted by molar-refractivity contribution is 0.260. The molecule has 2 aliphatic rings. The van der Waals surface area contributed by atoms with E-state index in [2.05, 4.69) is 5.10 Å². The summed E-state index contributed by atoms with van der Waals surface area (Å²) in [5.74, 6) is 0.656. The zero-order valence-electron chi connectivity index (χ0n) is 12.5. The first-order valence-corrected chi connectivity index (χ1v) is 9.33. The number of aromatic nitrogens is 2. The molecule has 1 aliphatic carbocycles. The molecule has 3 rings (SSSR count). The van der Waals surface area contributed by atoms with E-state index in [0.29, 0.717) is 19.0 Å². The number of aryl methyl sites for hydroxylation is 1. The summed E-state index contributed by atoms with van der Waals surface area (Å²) in [6, 6.07) is 0.165. The van der Waals surface area contributed by atoms with Crippen LogP contribution < -0.4 is 5.73 Å². The Morgan fingerprint density at radius 1 is 1.33 bits per heavy atom. The number of rotatable bonds is 4. The minimum atomic E-state index is -3.51. The van der Waals surface area contributed by atoms with Crippen LogP contribution in [0.25, 0.3) is 0 Å². The number of hydrogen-bond acceptors (Lipinski definition) is 4. The lowest BCUT2D eigenvalue weighted by Gasteiger charge is -2.30. The number of fused-ring (bicyclic) bond motifs is 1. The highest BCUT2D eigenvalue weighted by molar-refractivity contribution is 7.89. The molecule has 7 heteroatoms. The molecule has 1 aromatic heterocycles. The van der Waals surface area contributed by atoms with Crippen LogP contribution in [0.4, 0.5) is 5.82 Å². The summed E-state index contributed by atoms with van der Waals surface area (Å²) in [5, 5.41) is 4.13. The van der Waals surface area contributed by atoms with Crippen molar-refractivity contribution in [1.29, 1.82) is 0 Å². The molecule has 2 atom stereocenters. The van der Waals surface area contributed by atoms with Crippen LogP contribution >= 0.6 is 0 Å². The van der Waals surface area contributed by atoms with Crippen LogP contribution in [0.1, 0.15) is 45.4 Å². The molecule has 0 bridgehead atoms. The van der Waals surface area contributed by atoms with E-state index in [1.54, 1.807) is 15.2 Å². The first-order chi connectivity index (χ1) is 10.0. The average molecular weight is 312 g/mol. The Hall–Kier alpha value is -1.08. The number of hydrogen-bond donors (Lipinski definition) is 1. The van der Waals surface area contributed by atoms with Crippen LogP contribution in [-0.4, -0.2) is 35.1 Å². The van der Waals surface area contributed by atoms with Crippen LogP contribution in [0.15, 0.2) is 11.1 Å². The molecule has 2 N–H and O–H groups in total. The molecule has 0 aromatic carbocycles. The predicted molar refractivity (Wildman–Crippen MR) is 81.2 cm³/mol. The van der Waals surface area contributed by atoms with Crippen LogP contribution in [0.3, 0.4) is 0 Å². The van der Waals surface area contributed by atoms with Crippen LogP contribution in [0.2, 0.25) is 0 Å². The van der Waals surface area contributed by atoms with Crippen molar-refractivity contribution in [2.75, 3.05) is 12.3 Å². The van der Waals surface area contributed by atoms with Crippen molar-refractivity contribution < 1.29 is 8.42 Å². The van der Waals surface area contributed by atoms with E-state index in [4.69, 9.17) is 5.73 Å². The molecule has 6 nitrogen and oxygen atoms in total. The first-order valence-electron chi connectivity index (χ1n) is 7.89. The van der Waals surface area contributed by atoms with E-state index in [9.17, 15) is 8.42 Å². The van der Waals surface area contributed by atoms with Crippen molar-refractivity contribution in [3.05, 3.63) is 6.20 Å². The van der Waals surface area contributed by atoms with Crippen molar-refractivity contribution in [2.24, 2.45) is 5.92 Å². The van der Waals surface area contributed by atoms with Gasteiger partial charge in [0.1, 0.15) is 4.90 Å². The van der Waals surface area contributed by atoms with Crippen molar-refractivity contribution in [2.45, 2.75) is 62.9 Å². The SMILES string of the molecule is CCCn1cc(S(=O)(=O)N2CCC3CCCCC32)c(N)n1. The van der Waals surface area contributed by atoms with Gasteiger partial charge in [0.05, 0.1) is 0 Å². The largest absolute Gasteiger partial charge is 0.381 e. The van der Waals surface area contributed by atoms with Gasteiger partial charge in [0, 0.05) is 25.3 Å². The lowest BCUT2D eigenvalue weighted by Crippen LogP contribution is -2.39. The monoisotopic (exact) mass is 312 g/mol. The van der Waals surface area contributed by atoms with Crippen molar-refractivity contribution in [3.63, 3.8) is 0 Å². The van der Waals surface area contributed by atoms with Crippen molar-refractivity contribution in [3.8, 4) is 0 Å². The Kier molecular flexibility index (Phi) is 3.96. The third-order valence-corrected chi connectivity index (χ3v) is 6.69. The van der Waals surface area contributed by atoms with Crippen molar-refractivity contribution in [1.82, 2.24) is 14.1 Å². The second-order valence-electron chi connectivity index (χ2n) is 6.16. The first kappa shape index (κ1) is 14.8. The average Bonchev–Trinajstić information content (AvgIpc) is 3.03. The molecule has 2 fully saturated rings. The highest BCUT2D eigenvalue weighted by Crippen LogP contribution is 2.39. The smallest absolute Gasteiger partial charge is 0.248 e. The summed E-state index contributed by atoms with van der Waals surface area (Å²) in [6.45, 7) is 3.33. The van der Waals surface area contributed by atoms with Crippen LogP contribution in [0.5, 0.6) is 0 Å². The zero-order valence-corrected chi connectivity index (χ0v) is 13.3. The lowest BCUT2D eigenvalue weighted by atomic mass is 9.86. The minimum absolute atomic E-state index is 0.128. The van der Waals surface area contributed by atoms with Crippen LogP contribution in [-0.2, 0) is 16.6 Å². The third kappa shape index (κ3) is 2.57. The van der Waals surface area contributed by atoms with E-state index >= 15 is 0 Å². The molecule has 1 aromatic rings. The molecule has 0 amide bonds. The van der Waals surface area contributed by atoms with Gasteiger partial charge in [0.25, 0.3) is 0 Å². The summed E-state index contributed by atoms with van der Waals surface area (Å²) in [7, 11) is -3.51. The Bertz CT molecular complexity index is 610.